The van der Waals surface area contributed by atoms with Gasteiger partial charge >= 0.3 is 11.9 Å². The molecule has 0 amide bonds. The zero-order valence-electron chi connectivity index (χ0n) is 21.4. The summed E-state index contributed by atoms with van der Waals surface area (Å²) in [5.41, 5.74) is 0.965. The number of carbonyl (C=O) groups excluding carboxylic acids is 2. The van der Waals surface area contributed by atoms with Crippen LogP contribution in [0.1, 0.15) is 112 Å². The van der Waals surface area contributed by atoms with Gasteiger partial charge in [0.15, 0.2) is 0 Å². The molecule has 182 valence electrons. The van der Waals surface area contributed by atoms with Crippen molar-refractivity contribution in [3.8, 4) is 0 Å². The summed E-state index contributed by atoms with van der Waals surface area (Å²) in [6, 6.07) is 0. The highest BCUT2D eigenvalue weighted by atomic mass is 16.5. The molecule has 0 aliphatic carbocycles. The van der Waals surface area contributed by atoms with Crippen LogP contribution in [-0.2, 0) is 19.1 Å². The maximum absolute atomic E-state index is 11.0. The van der Waals surface area contributed by atoms with Gasteiger partial charge in [0.25, 0.3) is 0 Å². The molecule has 4 heteroatoms. The monoisotopic (exact) mass is 438 g/mol. The van der Waals surface area contributed by atoms with Crippen molar-refractivity contribution >= 4 is 11.9 Å². The lowest BCUT2D eigenvalue weighted by Gasteiger charge is -2.05. The topological polar surface area (TPSA) is 52.6 Å². The van der Waals surface area contributed by atoms with Gasteiger partial charge in [-0.15, -0.1) is 0 Å². The van der Waals surface area contributed by atoms with Gasteiger partial charge in [-0.2, -0.15) is 0 Å². The third-order valence-electron chi connectivity index (χ3n) is 4.76. The van der Waals surface area contributed by atoms with Crippen molar-refractivity contribution < 1.29 is 19.1 Å². The number of unbranched alkanes of at least 4 members (excludes halogenated alkanes) is 7. The van der Waals surface area contributed by atoms with Crippen LogP contribution in [0.15, 0.2) is 24.3 Å². The standard InChI is InChI=1S/C14H26O2.C13H24O2/c1-12(2)10-8-6-5-7-9-11-16-14(15)13(3)4;1-11(2)9-7-5-6-8-10-15-13(14)12(3)4/h12H,3,5-11H2,1-2,4H3;11H,3,5-10H2,1-2,4H3. The number of hydrogen-bond donors (Lipinski definition) is 0. The zero-order chi connectivity index (χ0) is 24.1. The molecule has 0 N–H and O–H groups in total. The highest BCUT2D eigenvalue weighted by Crippen LogP contribution is 2.11. The molecule has 0 fully saturated rings. The first-order valence-corrected chi connectivity index (χ1v) is 12.2. The fourth-order valence-corrected chi connectivity index (χ4v) is 2.77. The Morgan fingerprint density at radius 2 is 0.871 bits per heavy atom. The Hall–Kier alpha value is -1.58. The molecule has 0 aromatic carbocycles. The van der Waals surface area contributed by atoms with Crippen LogP contribution in [-0.4, -0.2) is 25.2 Å². The minimum absolute atomic E-state index is 0.264. The van der Waals surface area contributed by atoms with Crippen LogP contribution < -0.4 is 0 Å². The molecule has 0 saturated carbocycles. The fraction of sp³-hybridized carbons (Fsp3) is 0.778. The van der Waals surface area contributed by atoms with Crippen molar-refractivity contribution in [3.05, 3.63) is 24.3 Å². The molecule has 0 unspecified atom stereocenters. The van der Waals surface area contributed by atoms with Crippen molar-refractivity contribution in [2.75, 3.05) is 13.2 Å². The Kier molecular flexibility index (Phi) is 22.1. The van der Waals surface area contributed by atoms with Crippen molar-refractivity contribution in [1.82, 2.24) is 0 Å². The van der Waals surface area contributed by atoms with Crippen molar-refractivity contribution in [2.45, 2.75) is 112 Å². The van der Waals surface area contributed by atoms with Crippen LogP contribution >= 0.6 is 0 Å². The van der Waals surface area contributed by atoms with Gasteiger partial charge < -0.3 is 9.47 Å². The van der Waals surface area contributed by atoms with E-state index in [1.807, 2.05) is 0 Å². The van der Waals surface area contributed by atoms with E-state index in [1.54, 1.807) is 13.8 Å². The van der Waals surface area contributed by atoms with E-state index >= 15 is 0 Å². The molecule has 0 aromatic rings. The highest BCUT2D eigenvalue weighted by Gasteiger charge is 2.02. The predicted molar refractivity (Wildman–Crippen MR) is 132 cm³/mol. The summed E-state index contributed by atoms with van der Waals surface area (Å²) < 4.78 is 10.0. The van der Waals surface area contributed by atoms with Gasteiger partial charge in [0.1, 0.15) is 0 Å². The summed E-state index contributed by atoms with van der Waals surface area (Å²) in [6.45, 7) is 20.5. The van der Waals surface area contributed by atoms with Crippen LogP contribution in [0.2, 0.25) is 0 Å². The van der Waals surface area contributed by atoms with Crippen LogP contribution in [0.4, 0.5) is 0 Å². The third-order valence-corrected chi connectivity index (χ3v) is 4.76. The summed E-state index contributed by atoms with van der Waals surface area (Å²) in [4.78, 5) is 22.0. The number of rotatable bonds is 17. The second kappa shape index (κ2) is 21.6. The summed E-state index contributed by atoms with van der Waals surface area (Å²) in [5.74, 6) is 1.08. The first kappa shape index (κ1) is 31.6. The third kappa shape index (κ3) is 26.4. The minimum atomic E-state index is -0.266. The summed E-state index contributed by atoms with van der Waals surface area (Å²) >= 11 is 0. The molecular weight excluding hydrogens is 388 g/mol. The van der Waals surface area contributed by atoms with E-state index in [0.717, 1.165) is 37.5 Å². The molecule has 0 rings (SSSR count). The lowest BCUT2D eigenvalue weighted by Crippen LogP contribution is -2.06. The molecule has 31 heavy (non-hydrogen) atoms. The van der Waals surface area contributed by atoms with Crippen LogP contribution in [0.25, 0.3) is 0 Å². The molecular formula is C27H50O4. The van der Waals surface area contributed by atoms with E-state index in [1.165, 1.54) is 44.9 Å². The SMILES string of the molecule is C=C(C)C(=O)OCCCCCCC(C)C.C=C(C)C(=O)OCCCCCCCC(C)C. The Morgan fingerprint density at radius 3 is 1.16 bits per heavy atom. The first-order chi connectivity index (χ1) is 14.6. The van der Waals surface area contributed by atoms with Gasteiger partial charge in [0.2, 0.25) is 0 Å². The largest absolute Gasteiger partial charge is 0.462 e. The van der Waals surface area contributed by atoms with E-state index in [0.29, 0.717) is 24.4 Å². The number of carbonyl (C=O) groups is 2. The second-order valence-electron chi connectivity index (χ2n) is 9.38. The van der Waals surface area contributed by atoms with Gasteiger partial charge in [-0.25, -0.2) is 9.59 Å². The quantitative estimate of drug-likeness (QED) is 0.132. The van der Waals surface area contributed by atoms with Crippen LogP contribution in [0, 0.1) is 11.8 Å². The Bertz CT molecular complexity index is 491. The number of hydrogen-bond acceptors (Lipinski definition) is 4. The second-order valence-corrected chi connectivity index (χ2v) is 9.38. The maximum Gasteiger partial charge on any atom is 0.333 e. The molecule has 0 spiro atoms. The first-order valence-electron chi connectivity index (χ1n) is 12.2. The molecule has 0 radical (unpaired) electrons. The van der Waals surface area contributed by atoms with E-state index in [-0.39, 0.29) is 11.9 Å². The van der Waals surface area contributed by atoms with E-state index in [2.05, 4.69) is 40.9 Å². The average molecular weight is 439 g/mol. The smallest absolute Gasteiger partial charge is 0.333 e. The summed E-state index contributed by atoms with van der Waals surface area (Å²) in [6.07, 6.45) is 13.3. The van der Waals surface area contributed by atoms with Crippen LogP contribution in [0.3, 0.4) is 0 Å². The van der Waals surface area contributed by atoms with Gasteiger partial charge in [0.05, 0.1) is 13.2 Å². The average Bonchev–Trinajstić information content (AvgIpc) is 2.68. The predicted octanol–water partition coefficient (Wildman–Crippen LogP) is 7.81. The summed E-state index contributed by atoms with van der Waals surface area (Å²) in [5, 5.41) is 0. The van der Waals surface area contributed by atoms with Gasteiger partial charge in [-0.05, 0) is 38.5 Å². The maximum atomic E-state index is 11.0. The normalized spacial score (nSPS) is 10.5. The Labute approximate surface area is 192 Å². The molecule has 0 heterocycles. The van der Waals surface area contributed by atoms with Crippen LogP contribution in [0.5, 0.6) is 0 Å². The fourth-order valence-electron chi connectivity index (χ4n) is 2.77. The van der Waals surface area contributed by atoms with E-state index in [9.17, 15) is 9.59 Å². The molecule has 0 aliphatic rings. The van der Waals surface area contributed by atoms with Gasteiger partial charge in [-0.1, -0.05) is 98.6 Å². The van der Waals surface area contributed by atoms with E-state index in [4.69, 9.17) is 9.47 Å². The molecule has 4 nitrogen and oxygen atoms in total. The van der Waals surface area contributed by atoms with Gasteiger partial charge in [0, 0.05) is 11.1 Å². The molecule has 0 aromatic heterocycles. The Balaban J connectivity index is 0. The highest BCUT2D eigenvalue weighted by molar-refractivity contribution is 5.87. The lowest BCUT2D eigenvalue weighted by atomic mass is 10.0. The molecule has 0 atom stereocenters. The molecule has 0 bridgehead atoms. The van der Waals surface area contributed by atoms with Gasteiger partial charge in [-0.3, -0.25) is 0 Å². The minimum Gasteiger partial charge on any atom is -0.462 e. The number of esters is 2. The lowest BCUT2D eigenvalue weighted by molar-refractivity contribution is -0.139. The van der Waals surface area contributed by atoms with Crippen molar-refractivity contribution in [1.29, 1.82) is 0 Å². The van der Waals surface area contributed by atoms with Crippen molar-refractivity contribution in [2.24, 2.45) is 11.8 Å². The number of ether oxygens (including phenoxy) is 2. The zero-order valence-corrected chi connectivity index (χ0v) is 21.4. The van der Waals surface area contributed by atoms with E-state index < -0.39 is 0 Å². The molecule has 0 aliphatic heterocycles. The Morgan fingerprint density at radius 1 is 0.581 bits per heavy atom. The molecule has 0 saturated heterocycles. The summed E-state index contributed by atoms with van der Waals surface area (Å²) in [7, 11) is 0. The van der Waals surface area contributed by atoms with Crippen molar-refractivity contribution in [3.63, 3.8) is 0 Å².